The van der Waals surface area contributed by atoms with Crippen molar-refractivity contribution in [2.45, 2.75) is 33.2 Å². The van der Waals surface area contributed by atoms with E-state index in [-0.39, 0.29) is 17.3 Å². The van der Waals surface area contributed by atoms with E-state index in [1.54, 1.807) is 38.5 Å². The van der Waals surface area contributed by atoms with Gasteiger partial charge in [-0.3, -0.25) is 4.79 Å². The maximum Gasteiger partial charge on any atom is 0.231 e. The molecule has 0 atom stereocenters. The Balaban J connectivity index is 1.93. The number of ether oxygens (including phenoxy) is 3. The Labute approximate surface area is 177 Å². The first-order chi connectivity index (χ1) is 14.5. The van der Waals surface area contributed by atoms with Crippen LogP contribution in [0, 0.1) is 0 Å². The van der Waals surface area contributed by atoms with Crippen LogP contribution < -0.4 is 24.2 Å². The molecule has 0 bridgehead atoms. The standard InChI is InChI=1S/C24H29NO5/c1-5-11-25(12-6-2)15-18-19(26)9-8-17-23(27)22(30-24(17)18)14-16-7-10-20(28-3)21(13-16)29-4/h7-10,13-14,26H,5-6,11-12,15H2,1-4H3/b22-14-. The second kappa shape index (κ2) is 9.67. The fourth-order valence-corrected chi connectivity index (χ4v) is 3.81. The first kappa shape index (κ1) is 21.7. The van der Waals surface area contributed by atoms with Crippen molar-refractivity contribution in [2.75, 3.05) is 27.3 Å². The molecule has 0 radical (unpaired) electrons. The zero-order valence-electron chi connectivity index (χ0n) is 18.0. The van der Waals surface area contributed by atoms with Crippen molar-refractivity contribution in [2.24, 2.45) is 0 Å². The number of carbonyl (C=O) groups excluding carboxylic acids is 1. The third-order valence-electron chi connectivity index (χ3n) is 5.24. The van der Waals surface area contributed by atoms with Crippen molar-refractivity contribution in [3.63, 3.8) is 0 Å². The van der Waals surface area contributed by atoms with Gasteiger partial charge in [0.1, 0.15) is 12.3 Å². The van der Waals surface area contributed by atoms with Gasteiger partial charge >= 0.3 is 0 Å². The summed E-state index contributed by atoms with van der Waals surface area (Å²) < 4.78 is 16.5. The van der Waals surface area contributed by atoms with Crippen LogP contribution in [0.1, 0.15) is 48.2 Å². The molecule has 3 rings (SSSR count). The van der Waals surface area contributed by atoms with E-state index < -0.39 is 0 Å². The molecule has 2 aromatic rings. The molecule has 6 heteroatoms. The van der Waals surface area contributed by atoms with E-state index in [1.165, 1.54) is 11.0 Å². The van der Waals surface area contributed by atoms with E-state index >= 15 is 0 Å². The molecule has 0 saturated heterocycles. The number of quaternary nitrogens is 1. The first-order valence-corrected chi connectivity index (χ1v) is 10.3. The Morgan fingerprint density at radius 2 is 1.73 bits per heavy atom. The Bertz CT molecular complexity index is 945. The normalized spacial score (nSPS) is 14.2. The zero-order chi connectivity index (χ0) is 21.7. The summed E-state index contributed by atoms with van der Waals surface area (Å²) in [5.41, 5.74) is 1.77. The average molecular weight is 411 g/mol. The number of rotatable bonds is 9. The van der Waals surface area contributed by atoms with Crippen LogP contribution in [0.15, 0.2) is 36.1 Å². The van der Waals surface area contributed by atoms with Crippen molar-refractivity contribution >= 4 is 11.9 Å². The number of ketones is 1. The largest absolute Gasteiger partial charge is 0.872 e. The number of nitrogens with one attached hydrogen (secondary N) is 1. The summed E-state index contributed by atoms with van der Waals surface area (Å²) in [5.74, 6) is 1.48. The van der Waals surface area contributed by atoms with Crippen molar-refractivity contribution in [3.05, 3.63) is 52.8 Å². The Kier molecular flexibility index (Phi) is 7.00. The fraction of sp³-hybridized carbons (Fsp3) is 0.375. The Morgan fingerprint density at radius 3 is 2.37 bits per heavy atom. The molecule has 1 heterocycles. The number of benzene rings is 2. The summed E-state index contributed by atoms with van der Waals surface area (Å²) in [5, 5.41) is 12.6. The van der Waals surface area contributed by atoms with E-state index in [0.717, 1.165) is 31.5 Å². The fourth-order valence-electron chi connectivity index (χ4n) is 3.81. The molecule has 1 N–H and O–H groups in total. The predicted octanol–water partition coefficient (Wildman–Crippen LogP) is 2.60. The monoisotopic (exact) mass is 411 g/mol. The lowest BCUT2D eigenvalue weighted by Gasteiger charge is -2.23. The van der Waals surface area contributed by atoms with Crippen molar-refractivity contribution in [1.29, 1.82) is 0 Å². The quantitative estimate of drug-likeness (QED) is 0.642. The number of allylic oxidation sites excluding steroid dienone is 1. The van der Waals surface area contributed by atoms with E-state index in [9.17, 15) is 9.90 Å². The summed E-state index contributed by atoms with van der Waals surface area (Å²) in [4.78, 5) is 14.2. The van der Waals surface area contributed by atoms with Gasteiger partial charge < -0.3 is 24.2 Å². The van der Waals surface area contributed by atoms with Gasteiger partial charge in [-0.2, -0.15) is 0 Å². The molecular formula is C24H29NO5. The molecule has 0 aromatic heterocycles. The van der Waals surface area contributed by atoms with Crippen LogP contribution >= 0.6 is 0 Å². The molecule has 0 aliphatic carbocycles. The second-order valence-corrected chi connectivity index (χ2v) is 7.40. The second-order valence-electron chi connectivity index (χ2n) is 7.40. The maximum atomic E-state index is 12.9. The summed E-state index contributed by atoms with van der Waals surface area (Å²) in [6, 6.07) is 8.42. The van der Waals surface area contributed by atoms with Crippen LogP contribution in [0.25, 0.3) is 6.08 Å². The van der Waals surface area contributed by atoms with E-state index in [4.69, 9.17) is 14.2 Å². The third kappa shape index (κ3) is 4.44. The van der Waals surface area contributed by atoms with Gasteiger partial charge in [-0.25, -0.2) is 0 Å². The molecule has 6 nitrogen and oxygen atoms in total. The van der Waals surface area contributed by atoms with E-state index in [0.29, 0.717) is 34.9 Å². The molecule has 1 aliphatic heterocycles. The Morgan fingerprint density at radius 1 is 1.03 bits per heavy atom. The van der Waals surface area contributed by atoms with Crippen LogP contribution in [0.2, 0.25) is 0 Å². The molecule has 0 amide bonds. The lowest BCUT2D eigenvalue weighted by Crippen LogP contribution is -3.10. The van der Waals surface area contributed by atoms with Gasteiger partial charge in [-0.05, 0) is 42.7 Å². The van der Waals surface area contributed by atoms with Crippen LogP contribution in [-0.2, 0) is 6.54 Å². The summed E-state index contributed by atoms with van der Waals surface area (Å²) in [7, 11) is 3.13. The summed E-state index contributed by atoms with van der Waals surface area (Å²) >= 11 is 0. The van der Waals surface area contributed by atoms with Gasteiger partial charge in [0.25, 0.3) is 0 Å². The molecule has 0 unspecified atom stereocenters. The molecule has 0 spiro atoms. The highest BCUT2D eigenvalue weighted by Gasteiger charge is 2.31. The Hall–Kier alpha value is -2.99. The van der Waals surface area contributed by atoms with Gasteiger partial charge in [0.2, 0.25) is 5.78 Å². The van der Waals surface area contributed by atoms with Crippen LogP contribution in [-0.4, -0.2) is 33.1 Å². The summed E-state index contributed by atoms with van der Waals surface area (Å²) in [6.07, 6.45) is 3.73. The lowest BCUT2D eigenvalue weighted by atomic mass is 10.0. The van der Waals surface area contributed by atoms with Gasteiger partial charge in [-0.15, -0.1) is 0 Å². The molecule has 1 aliphatic rings. The van der Waals surface area contributed by atoms with Gasteiger partial charge in [0, 0.05) is 5.56 Å². The molecule has 2 aromatic carbocycles. The van der Waals surface area contributed by atoms with Crippen LogP contribution in [0.3, 0.4) is 0 Å². The molecule has 160 valence electrons. The van der Waals surface area contributed by atoms with Gasteiger partial charge in [-0.1, -0.05) is 31.7 Å². The minimum Gasteiger partial charge on any atom is -0.872 e. The number of hydrogen-bond donors (Lipinski definition) is 1. The number of hydrogen-bond acceptors (Lipinski definition) is 5. The average Bonchev–Trinajstić information content (AvgIpc) is 3.06. The van der Waals surface area contributed by atoms with Crippen molar-refractivity contribution in [1.82, 2.24) is 0 Å². The van der Waals surface area contributed by atoms with Gasteiger partial charge in [0.15, 0.2) is 17.3 Å². The molecule has 30 heavy (non-hydrogen) atoms. The minimum atomic E-state index is -0.214. The summed E-state index contributed by atoms with van der Waals surface area (Å²) in [6.45, 7) is 6.76. The van der Waals surface area contributed by atoms with Crippen LogP contribution in [0.4, 0.5) is 0 Å². The lowest BCUT2D eigenvalue weighted by molar-refractivity contribution is -0.914. The van der Waals surface area contributed by atoms with E-state index in [2.05, 4.69) is 13.8 Å². The minimum absolute atomic E-state index is 0.0846. The number of carbonyl (C=O) groups is 1. The zero-order valence-corrected chi connectivity index (χ0v) is 18.0. The van der Waals surface area contributed by atoms with Crippen molar-refractivity contribution in [3.8, 4) is 23.0 Å². The van der Waals surface area contributed by atoms with Crippen molar-refractivity contribution < 1.29 is 29.0 Å². The smallest absolute Gasteiger partial charge is 0.231 e. The predicted molar refractivity (Wildman–Crippen MR) is 113 cm³/mol. The highest BCUT2D eigenvalue weighted by Crippen LogP contribution is 2.38. The van der Waals surface area contributed by atoms with E-state index in [1.807, 2.05) is 6.07 Å². The molecular weight excluding hydrogens is 382 g/mol. The SMILES string of the molecule is CCC[NH+](CCC)Cc1c([O-])ccc2c1O/C(=C\c1ccc(OC)c(OC)c1)C2=O. The highest BCUT2D eigenvalue weighted by atomic mass is 16.5. The van der Waals surface area contributed by atoms with Crippen LogP contribution in [0.5, 0.6) is 23.0 Å². The topological polar surface area (TPSA) is 72.3 Å². The highest BCUT2D eigenvalue weighted by molar-refractivity contribution is 6.15. The number of fused-ring (bicyclic) bond motifs is 1. The number of Topliss-reactive ketones (excluding diaryl/α,β-unsaturated/α-hetero) is 1. The molecule has 0 saturated carbocycles. The number of methoxy groups -OCH3 is 2. The first-order valence-electron chi connectivity index (χ1n) is 10.3. The molecule has 0 fully saturated rings. The van der Waals surface area contributed by atoms with Gasteiger partial charge in [0.05, 0.1) is 32.9 Å². The third-order valence-corrected chi connectivity index (χ3v) is 5.24. The maximum absolute atomic E-state index is 12.9.